The fourth-order valence-corrected chi connectivity index (χ4v) is 3.85. The van der Waals surface area contributed by atoms with Crippen LogP contribution in [0.5, 0.6) is 11.5 Å². The number of carbonyl (C=O) groups excluding carboxylic acids is 1. The summed E-state index contributed by atoms with van der Waals surface area (Å²) in [6.45, 7) is 6.55. The molecule has 1 aromatic heterocycles. The number of amides is 1. The highest BCUT2D eigenvalue weighted by Crippen LogP contribution is 2.44. The summed E-state index contributed by atoms with van der Waals surface area (Å²) in [6.07, 6.45) is 0.311. The standard InChI is InChI=1S/C18H21N3O3S/c1-10(2)9-24-16-11(5-4-6-14(16)23-3)12-7-15(22)20-8-13-17(12)25-18(19)21-13/h4-6,12H,1,7-9H2,2-3H3,(H2,19,21)(H,20,22). The maximum Gasteiger partial charge on any atom is 0.221 e. The van der Waals surface area contributed by atoms with Crippen LogP contribution in [0, 0.1) is 0 Å². The SMILES string of the molecule is C=C(C)COc1c(OC)cccc1C1CC(=O)NCc2nc(N)sc21. The monoisotopic (exact) mass is 359 g/mol. The van der Waals surface area contributed by atoms with Crippen molar-refractivity contribution in [2.45, 2.75) is 25.8 Å². The second kappa shape index (κ2) is 7.14. The molecule has 1 amide bonds. The second-order valence-electron chi connectivity index (χ2n) is 6.02. The number of nitrogens with zero attached hydrogens (tertiary/aromatic N) is 1. The number of carbonyl (C=O) groups is 1. The molecule has 0 bridgehead atoms. The zero-order chi connectivity index (χ0) is 18.0. The number of rotatable bonds is 5. The van der Waals surface area contributed by atoms with Crippen molar-refractivity contribution in [3.63, 3.8) is 0 Å². The molecule has 132 valence electrons. The molecular weight excluding hydrogens is 338 g/mol. The topological polar surface area (TPSA) is 86.5 Å². The summed E-state index contributed by atoms with van der Waals surface area (Å²) in [6, 6.07) is 5.70. The van der Waals surface area contributed by atoms with Gasteiger partial charge in [0.2, 0.25) is 5.91 Å². The Kier molecular flexibility index (Phi) is 4.94. The molecule has 0 saturated heterocycles. The maximum absolute atomic E-state index is 12.2. The maximum atomic E-state index is 12.2. The molecule has 3 N–H and O–H groups in total. The van der Waals surface area contributed by atoms with Crippen LogP contribution in [0.3, 0.4) is 0 Å². The van der Waals surface area contributed by atoms with Crippen LogP contribution in [-0.4, -0.2) is 24.6 Å². The number of nitrogens with one attached hydrogen (secondary N) is 1. The normalized spacial score (nSPS) is 16.6. The van der Waals surface area contributed by atoms with E-state index in [0.717, 1.165) is 21.7 Å². The minimum atomic E-state index is -0.178. The van der Waals surface area contributed by atoms with E-state index in [-0.39, 0.29) is 11.8 Å². The summed E-state index contributed by atoms with van der Waals surface area (Å²) in [5, 5.41) is 3.37. The molecule has 0 saturated carbocycles. The second-order valence-corrected chi connectivity index (χ2v) is 7.08. The third kappa shape index (κ3) is 3.61. The number of aromatic nitrogens is 1. The predicted octanol–water partition coefficient (Wildman–Crippen LogP) is 2.84. The minimum Gasteiger partial charge on any atom is -0.493 e. The Morgan fingerprint density at radius 1 is 1.52 bits per heavy atom. The van der Waals surface area contributed by atoms with Gasteiger partial charge in [-0.15, -0.1) is 11.3 Å². The first-order valence-corrected chi connectivity index (χ1v) is 8.77. The number of nitrogen functional groups attached to an aromatic ring is 1. The average Bonchev–Trinajstić information content (AvgIpc) is 2.89. The summed E-state index contributed by atoms with van der Waals surface area (Å²) >= 11 is 1.42. The van der Waals surface area contributed by atoms with Gasteiger partial charge in [-0.2, -0.15) is 0 Å². The number of anilines is 1. The van der Waals surface area contributed by atoms with E-state index in [4.69, 9.17) is 15.2 Å². The predicted molar refractivity (Wildman–Crippen MR) is 98.1 cm³/mol. The lowest BCUT2D eigenvalue weighted by Gasteiger charge is -2.20. The summed E-state index contributed by atoms with van der Waals surface area (Å²) in [7, 11) is 1.60. The lowest BCUT2D eigenvalue weighted by Crippen LogP contribution is -2.21. The summed E-state index contributed by atoms with van der Waals surface area (Å²) in [5.41, 5.74) is 8.51. The van der Waals surface area contributed by atoms with Crippen molar-refractivity contribution in [2.24, 2.45) is 0 Å². The van der Waals surface area contributed by atoms with E-state index in [9.17, 15) is 4.79 Å². The van der Waals surface area contributed by atoms with Crippen molar-refractivity contribution in [1.82, 2.24) is 10.3 Å². The van der Waals surface area contributed by atoms with Crippen LogP contribution in [0.25, 0.3) is 0 Å². The van der Waals surface area contributed by atoms with Gasteiger partial charge in [-0.25, -0.2) is 4.98 Å². The van der Waals surface area contributed by atoms with Gasteiger partial charge in [-0.3, -0.25) is 4.79 Å². The van der Waals surface area contributed by atoms with Crippen molar-refractivity contribution < 1.29 is 14.3 Å². The number of benzene rings is 1. The van der Waals surface area contributed by atoms with Crippen LogP contribution in [0.4, 0.5) is 5.13 Å². The fourth-order valence-electron chi connectivity index (χ4n) is 2.88. The molecule has 1 aromatic carbocycles. The van der Waals surface area contributed by atoms with Crippen molar-refractivity contribution in [2.75, 3.05) is 19.5 Å². The van der Waals surface area contributed by atoms with Crippen LogP contribution in [0.1, 0.15) is 35.4 Å². The molecule has 0 aliphatic carbocycles. The van der Waals surface area contributed by atoms with E-state index in [1.54, 1.807) is 7.11 Å². The zero-order valence-corrected chi connectivity index (χ0v) is 15.1. The third-order valence-electron chi connectivity index (χ3n) is 3.97. The first kappa shape index (κ1) is 17.3. The number of thiazole rings is 1. The van der Waals surface area contributed by atoms with Crippen molar-refractivity contribution in [3.8, 4) is 11.5 Å². The highest BCUT2D eigenvalue weighted by atomic mass is 32.1. The van der Waals surface area contributed by atoms with E-state index in [0.29, 0.717) is 36.2 Å². The average molecular weight is 359 g/mol. The van der Waals surface area contributed by atoms with Gasteiger partial charge in [-0.05, 0) is 18.6 Å². The lowest BCUT2D eigenvalue weighted by molar-refractivity contribution is -0.121. The highest BCUT2D eigenvalue weighted by Gasteiger charge is 2.30. The summed E-state index contributed by atoms with van der Waals surface area (Å²) in [4.78, 5) is 17.6. The van der Waals surface area contributed by atoms with Crippen molar-refractivity contribution in [3.05, 3.63) is 46.5 Å². The van der Waals surface area contributed by atoms with E-state index >= 15 is 0 Å². The third-order valence-corrected chi connectivity index (χ3v) is 5.01. The number of hydrogen-bond donors (Lipinski definition) is 2. The molecule has 3 rings (SSSR count). The Morgan fingerprint density at radius 3 is 3.04 bits per heavy atom. The van der Waals surface area contributed by atoms with E-state index in [1.165, 1.54) is 11.3 Å². The van der Waals surface area contributed by atoms with E-state index in [2.05, 4.69) is 16.9 Å². The number of para-hydroxylation sites is 1. The molecule has 0 fully saturated rings. The van der Waals surface area contributed by atoms with Crippen LogP contribution in [-0.2, 0) is 11.3 Å². The van der Waals surface area contributed by atoms with Crippen molar-refractivity contribution >= 4 is 22.4 Å². The quantitative estimate of drug-likeness (QED) is 0.802. The molecule has 0 spiro atoms. The molecule has 6 nitrogen and oxygen atoms in total. The van der Waals surface area contributed by atoms with Gasteiger partial charge in [0, 0.05) is 22.8 Å². The first-order chi connectivity index (χ1) is 12.0. The Bertz CT molecular complexity index is 816. The number of nitrogens with two attached hydrogens (primary N) is 1. The Morgan fingerprint density at radius 2 is 2.32 bits per heavy atom. The van der Waals surface area contributed by atoms with Gasteiger partial charge >= 0.3 is 0 Å². The lowest BCUT2D eigenvalue weighted by atomic mass is 9.92. The first-order valence-electron chi connectivity index (χ1n) is 7.95. The summed E-state index contributed by atoms with van der Waals surface area (Å²) in [5.74, 6) is 1.05. The molecule has 2 aromatic rings. The van der Waals surface area contributed by atoms with Gasteiger partial charge in [-0.1, -0.05) is 18.7 Å². The number of methoxy groups -OCH3 is 1. The molecular formula is C18H21N3O3S. The van der Waals surface area contributed by atoms with E-state index < -0.39 is 0 Å². The van der Waals surface area contributed by atoms with E-state index in [1.807, 2.05) is 25.1 Å². The van der Waals surface area contributed by atoms with Gasteiger partial charge in [0.15, 0.2) is 16.6 Å². The molecule has 7 heteroatoms. The zero-order valence-electron chi connectivity index (χ0n) is 14.3. The van der Waals surface area contributed by atoms with Gasteiger partial charge in [0.1, 0.15) is 6.61 Å². The Labute approximate surface area is 150 Å². The fraction of sp³-hybridized carbons (Fsp3) is 0.333. The molecule has 25 heavy (non-hydrogen) atoms. The van der Waals surface area contributed by atoms with Crippen LogP contribution < -0.4 is 20.5 Å². The largest absolute Gasteiger partial charge is 0.493 e. The molecule has 1 atom stereocenters. The highest BCUT2D eigenvalue weighted by molar-refractivity contribution is 7.15. The Hall–Kier alpha value is -2.54. The molecule has 0 radical (unpaired) electrons. The smallest absolute Gasteiger partial charge is 0.221 e. The van der Waals surface area contributed by atoms with Gasteiger partial charge in [0.05, 0.1) is 19.3 Å². The number of fused-ring (bicyclic) bond motifs is 1. The van der Waals surface area contributed by atoms with Crippen LogP contribution >= 0.6 is 11.3 Å². The minimum absolute atomic E-state index is 0.0255. The van der Waals surface area contributed by atoms with Gasteiger partial charge < -0.3 is 20.5 Å². The number of hydrogen-bond acceptors (Lipinski definition) is 6. The molecule has 1 aliphatic rings. The number of ether oxygens (including phenoxy) is 2. The molecule has 2 heterocycles. The van der Waals surface area contributed by atoms with Crippen molar-refractivity contribution in [1.29, 1.82) is 0 Å². The molecule has 1 aliphatic heterocycles. The Balaban J connectivity index is 2.10. The van der Waals surface area contributed by atoms with Crippen LogP contribution in [0.2, 0.25) is 0 Å². The summed E-state index contributed by atoms with van der Waals surface area (Å²) < 4.78 is 11.4. The van der Waals surface area contributed by atoms with Crippen LogP contribution in [0.15, 0.2) is 30.4 Å². The molecule has 1 unspecified atom stereocenters. The van der Waals surface area contributed by atoms with Gasteiger partial charge in [0.25, 0.3) is 0 Å².